The van der Waals surface area contributed by atoms with E-state index in [1.165, 1.54) is 0 Å². The SMILES string of the molecule is O=C(CC1CC1)NCC(O)C(F)F. The van der Waals surface area contributed by atoms with E-state index in [2.05, 4.69) is 5.32 Å². The van der Waals surface area contributed by atoms with Crippen LogP contribution in [0.15, 0.2) is 0 Å². The number of aliphatic hydroxyl groups excluding tert-OH is 1. The topological polar surface area (TPSA) is 49.3 Å². The van der Waals surface area contributed by atoms with Crippen molar-refractivity contribution >= 4 is 5.91 Å². The molecule has 1 aliphatic rings. The number of carbonyl (C=O) groups excluding carboxylic acids is 1. The van der Waals surface area contributed by atoms with E-state index in [1.54, 1.807) is 0 Å². The highest BCUT2D eigenvalue weighted by atomic mass is 19.3. The number of rotatable bonds is 5. The molecule has 0 bridgehead atoms. The molecule has 0 aromatic heterocycles. The highest BCUT2D eigenvalue weighted by Gasteiger charge is 2.25. The molecule has 1 amide bonds. The predicted octanol–water partition coefficient (Wildman–Crippen LogP) is 0.529. The first kappa shape index (κ1) is 10.4. The van der Waals surface area contributed by atoms with Gasteiger partial charge in [0.2, 0.25) is 5.91 Å². The third-order valence-electron chi connectivity index (χ3n) is 1.97. The molecule has 1 rings (SSSR count). The summed E-state index contributed by atoms with van der Waals surface area (Å²) in [6, 6.07) is 0. The molecular formula is C8H13F2NO2. The van der Waals surface area contributed by atoms with Crippen LogP contribution < -0.4 is 5.32 Å². The van der Waals surface area contributed by atoms with E-state index >= 15 is 0 Å². The second kappa shape index (κ2) is 4.50. The van der Waals surface area contributed by atoms with Gasteiger partial charge in [-0.25, -0.2) is 8.78 Å². The van der Waals surface area contributed by atoms with Crippen molar-refractivity contribution in [2.45, 2.75) is 31.8 Å². The van der Waals surface area contributed by atoms with Crippen molar-refractivity contribution in [2.24, 2.45) is 5.92 Å². The summed E-state index contributed by atoms with van der Waals surface area (Å²) in [5.41, 5.74) is 0. The molecule has 0 aromatic rings. The second-order valence-electron chi connectivity index (χ2n) is 3.35. The fourth-order valence-electron chi connectivity index (χ4n) is 0.964. The molecule has 0 radical (unpaired) electrons. The summed E-state index contributed by atoms with van der Waals surface area (Å²) in [6.45, 7) is -0.358. The molecule has 0 aliphatic heterocycles. The van der Waals surface area contributed by atoms with E-state index in [4.69, 9.17) is 5.11 Å². The van der Waals surface area contributed by atoms with Gasteiger partial charge in [0.1, 0.15) is 6.10 Å². The maximum absolute atomic E-state index is 11.8. The third kappa shape index (κ3) is 4.17. The van der Waals surface area contributed by atoms with Gasteiger partial charge in [-0.2, -0.15) is 0 Å². The molecule has 0 heterocycles. The van der Waals surface area contributed by atoms with Gasteiger partial charge in [-0.05, 0) is 18.8 Å². The molecule has 13 heavy (non-hydrogen) atoms. The maximum Gasteiger partial charge on any atom is 0.265 e. The quantitative estimate of drug-likeness (QED) is 0.669. The molecule has 1 unspecified atom stereocenters. The Morgan fingerprint density at radius 1 is 1.54 bits per heavy atom. The van der Waals surface area contributed by atoms with Gasteiger partial charge < -0.3 is 10.4 Å². The Morgan fingerprint density at radius 2 is 2.15 bits per heavy atom. The van der Waals surface area contributed by atoms with Crippen molar-refractivity contribution in [1.82, 2.24) is 5.32 Å². The van der Waals surface area contributed by atoms with E-state index in [0.717, 1.165) is 12.8 Å². The van der Waals surface area contributed by atoms with Gasteiger partial charge in [0.15, 0.2) is 0 Å². The number of aliphatic hydroxyl groups is 1. The van der Waals surface area contributed by atoms with Crippen LogP contribution in [0, 0.1) is 5.92 Å². The lowest BCUT2D eigenvalue weighted by atomic mass is 10.2. The van der Waals surface area contributed by atoms with Crippen molar-refractivity contribution in [3.05, 3.63) is 0 Å². The summed E-state index contributed by atoms with van der Waals surface area (Å²) in [5.74, 6) is 0.186. The Hall–Kier alpha value is -0.710. The summed E-state index contributed by atoms with van der Waals surface area (Å²) in [7, 11) is 0. The zero-order valence-electron chi connectivity index (χ0n) is 7.17. The molecule has 1 fully saturated rings. The number of alkyl halides is 2. The first-order valence-electron chi connectivity index (χ1n) is 4.32. The van der Waals surface area contributed by atoms with Crippen LogP contribution in [0.4, 0.5) is 8.78 Å². The van der Waals surface area contributed by atoms with E-state index in [0.29, 0.717) is 12.3 Å². The first-order chi connectivity index (χ1) is 6.09. The van der Waals surface area contributed by atoms with E-state index in [9.17, 15) is 13.6 Å². The first-order valence-corrected chi connectivity index (χ1v) is 4.32. The van der Waals surface area contributed by atoms with Gasteiger partial charge in [0.05, 0.1) is 0 Å². The largest absolute Gasteiger partial charge is 0.385 e. The van der Waals surface area contributed by atoms with Crippen LogP contribution in [-0.4, -0.2) is 30.1 Å². The number of halogens is 2. The molecule has 76 valence electrons. The van der Waals surface area contributed by atoms with Crippen LogP contribution in [0.5, 0.6) is 0 Å². The molecule has 2 N–H and O–H groups in total. The minimum absolute atomic E-state index is 0.248. The third-order valence-corrected chi connectivity index (χ3v) is 1.97. The van der Waals surface area contributed by atoms with Gasteiger partial charge in [-0.3, -0.25) is 4.79 Å². The van der Waals surface area contributed by atoms with E-state index < -0.39 is 12.5 Å². The van der Waals surface area contributed by atoms with Crippen LogP contribution in [0.25, 0.3) is 0 Å². The summed E-state index contributed by atoms with van der Waals surface area (Å²) in [6.07, 6.45) is -2.05. The van der Waals surface area contributed by atoms with Crippen molar-refractivity contribution in [1.29, 1.82) is 0 Å². The molecular weight excluding hydrogens is 180 g/mol. The van der Waals surface area contributed by atoms with Gasteiger partial charge in [-0.15, -0.1) is 0 Å². The molecule has 0 spiro atoms. The Bertz CT molecular complexity index is 183. The fourth-order valence-corrected chi connectivity index (χ4v) is 0.964. The fraction of sp³-hybridized carbons (Fsp3) is 0.875. The van der Waals surface area contributed by atoms with Crippen LogP contribution in [0.3, 0.4) is 0 Å². The molecule has 1 atom stereocenters. The average molecular weight is 193 g/mol. The smallest absolute Gasteiger partial charge is 0.265 e. The molecule has 3 nitrogen and oxygen atoms in total. The van der Waals surface area contributed by atoms with Gasteiger partial charge in [0, 0.05) is 13.0 Å². The highest BCUT2D eigenvalue weighted by Crippen LogP contribution is 2.31. The normalized spacial score (nSPS) is 18.8. The van der Waals surface area contributed by atoms with Crippen molar-refractivity contribution in [3.8, 4) is 0 Å². The number of nitrogens with one attached hydrogen (secondary N) is 1. The summed E-state index contributed by atoms with van der Waals surface area (Å²) < 4.78 is 23.5. The van der Waals surface area contributed by atoms with Crippen LogP contribution in [0.2, 0.25) is 0 Å². The van der Waals surface area contributed by atoms with Gasteiger partial charge in [0.25, 0.3) is 6.43 Å². The Kier molecular flexibility index (Phi) is 3.59. The van der Waals surface area contributed by atoms with Crippen LogP contribution in [0.1, 0.15) is 19.3 Å². The molecule has 1 saturated carbocycles. The molecule has 0 saturated heterocycles. The zero-order valence-corrected chi connectivity index (χ0v) is 7.17. The number of amides is 1. The van der Waals surface area contributed by atoms with Crippen molar-refractivity contribution in [2.75, 3.05) is 6.54 Å². The van der Waals surface area contributed by atoms with Crippen molar-refractivity contribution in [3.63, 3.8) is 0 Å². The van der Waals surface area contributed by atoms with Gasteiger partial charge in [-0.1, -0.05) is 0 Å². The number of hydrogen-bond donors (Lipinski definition) is 2. The van der Waals surface area contributed by atoms with Gasteiger partial charge >= 0.3 is 0 Å². The Labute approximate surface area is 75.1 Å². The van der Waals surface area contributed by atoms with Crippen molar-refractivity contribution < 1.29 is 18.7 Å². The zero-order chi connectivity index (χ0) is 9.84. The Morgan fingerprint density at radius 3 is 2.62 bits per heavy atom. The number of carbonyl (C=O) groups is 1. The van der Waals surface area contributed by atoms with E-state index in [1.807, 2.05) is 0 Å². The second-order valence-corrected chi connectivity index (χ2v) is 3.35. The van der Waals surface area contributed by atoms with Crippen LogP contribution in [-0.2, 0) is 4.79 Å². The summed E-state index contributed by atoms with van der Waals surface area (Å²) in [5, 5.41) is 10.9. The predicted molar refractivity (Wildman–Crippen MR) is 42.4 cm³/mol. The lowest BCUT2D eigenvalue weighted by Crippen LogP contribution is -2.35. The maximum atomic E-state index is 11.8. The minimum atomic E-state index is -2.79. The summed E-state index contributed by atoms with van der Waals surface area (Å²) >= 11 is 0. The molecule has 0 aromatic carbocycles. The monoisotopic (exact) mass is 193 g/mol. The number of hydrogen-bond acceptors (Lipinski definition) is 2. The Balaban J connectivity index is 2.06. The summed E-state index contributed by atoms with van der Waals surface area (Å²) in [4.78, 5) is 11.0. The standard InChI is InChI=1S/C8H13F2NO2/c9-8(10)6(12)4-11-7(13)3-5-1-2-5/h5-6,8,12H,1-4H2,(H,11,13). The van der Waals surface area contributed by atoms with Crippen LogP contribution >= 0.6 is 0 Å². The molecule has 5 heteroatoms. The minimum Gasteiger partial charge on any atom is -0.385 e. The average Bonchev–Trinajstić information content (AvgIpc) is 2.83. The lowest BCUT2D eigenvalue weighted by Gasteiger charge is -2.10. The molecule has 1 aliphatic carbocycles. The van der Waals surface area contributed by atoms with E-state index in [-0.39, 0.29) is 12.5 Å². The highest BCUT2D eigenvalue weighted by molar-refractivity contribution is 5.76. The lowest BCUT2D eigenvalue weighted by molar-refractivity contribution is -0.122.